The van der Waals surface area contributed by atoms with Crippen LogP contribution in [-0.2, 0) is 11.3 Å². The zero-order chi connectivity index (χ0) is 14.4. The lowest BCUT2D eigenvalue weighted by molar-refractivity contribution is 0.0644. The first-order chi connectivity index (χ1) is 9.74. The van der Waals surface area contributed by atoms with Crippen molar-refractivity contribution in [3.05, 3.63) is 17.7 Å². The lowest BCUT2D eigenvalue weighted by Gasteiger charge is -2.21. The molecule has 0 saturated carbocycles. The van der Waals surface area contributed by atoms with E-state index < -0.39 is 6.10 Å². The number of ether oxygens (including phenoxy) is 4. The second kappa shape index (κ2) is 7.33. The summed E-state index contributed by atoms with van der Waals surface area (Å²) in [6.45, 7) is 2.46. The quantitative estimate of drug-likeness (QED) is 0.762. The van der Waals surface area contributed by atoms with E-state index in [4.69, 9.17) is 18.9 Å². The van der Waals surface area contributed by atoms with Crippen LogP contribution in [-0.4, -0.2) is 51.8 Å². The number of nitrogens with one attached hydrogen (secondary N) is 1. The topological polar surface area (TPSA) is 69.2 Å². The highest BCUT2D eigenvalue weighted by atomic mass is 16.6. The molecule has 2 rings (SSSR count). The standard InChI is InChI=1S/C14H21NO5/c1-17-9-11(16)8-15-7-10-5-12(18-2)14-13(6-10)19-3-4-20-14/h5-6,11,15-16H,3-4,7-9H2,1-2H3. The van der Waals surface area contributed by atoms with Gasteiger partial charge in [-0.2, -0.15) is 0 Å². The summed E-state index contributed by atoms with van der Waals surface area (Å²) in [5.41, 5.74) is 1.01. The molecule has 6 heteroatoms. The van der Waals surface area contributed by atoms with Gasteiger partial charge in [-0.1, -0.05) is 0 Å². The van der Waals surface area contributed by atoms with E-state index in [1.165, 1.54) is 0 Å². The largest absolute Gasteiger partial charge is 0.493 e. The SMILES string of the molecule is COCC(O)CNCc1cc(OC)c2c(c1)OCCO2. The van der Waals surface area contributed by atoms with Crippen LogP contribution in [0.4, 0.5) is 0 Å². The summed E-state index contributed by atoms with van der Waals surface area (Å²) < 4.78 is 21.3. The predicted molar refractivity (Wildman–Crippen MR) is 73.6 cm³/mol. The molecule has 0 spiro atoms. The van der Waals surface area contributed by atoms with E-state index in [0.717, 1.165) is 5.56 Å². The maximum atomic E-state index is 9.56. The Labute approximate surface area is 118 Å². The maximum absolute atomic E-state index is 9.56. The highest BCUT2D eigenvalue weighted by Crippen LogP contribution is 2.40. The number of hydrogen-bond donors (Lipinski definition) is 2. The minimum Gasteiger partial charge on any atom is -0.493 e. The van der Waals surface area contributed by atoms with Gasteiger partial charge >= 0.3 is 0 Å². The number of methoxy groups -OCH3 is 2. The van der Waals surface area contributed by atoms with Crippen molar-refractivity contribution in [2.24, 2.45) is 0 Å². The number of fused-ring (bicyclic) bond motifs is 1. The van der Waals surface area contributed by atoms with Gasteiger partial charge in [-0.3, -0.25) is 0 Å². The minimum absolute atomic E-state index is 0.317. The van der Waals surface area contributed by atoms with E-state index in [0.29, 0.717) is 50.2 Å². The second-order valence-electron chi connectivity index (χ2n) is 4.56. The number of aliphatic hydroxyl groups is 1. The van der Waals surface area contributed by atoms with Crippen LogP contribution in [0.1, 0.15) is 5.56 Å². The highest BCUT2D eigenvalue weighted by Gasteiger charge is 2.18. The van der Waals surface area contributed by atoms with Crippen LogP contribution < -0.4 is 19.5 Å². The normalized spacial score (nSPS) is 14.9. The van der Waals surface area contributed by atoms with Crippen LogP contribution in [0.5, 0.6) is 17.2 Å². The van der Waals surface area contributed by atoms with Crippen LogP contribution in [0.2, 0.25) is 0 Å². The third-order valence-electron chi connectivity index (χ3n) is 2.96. The van der Waals surface area contributed by atoms with Crippen LogP contribution in [0.15, 0.2) is 12.1 Å². The molecule has 0 radical (unpaired) electrons. The van der Waals surface area contributed by atoms with Crippen molar-refractivity contribution >= 4 is 0 Å². The van der Waals surface area contributed by atoms with Crippen LogP contribution in [0.3, 0.4) is 0 Å². The zero-order valence-electron chi connectivity index (χ0n) is 11.8. The molecule has 1 unspecified atom stereocenters. The van der Waals surface area contributed by atoms with Gasteiger partial charge in [0.1, 0.15) is 13.2 Å². The van der Waals surface area contributed by atoms with Crippen molar-refractivity contribution in [2.45, 2.75) is 12.6 Å². The molecule has 0 bridgehead atoms. The Morgan fingerprint density at radius 1 is 1.30 bits per heavy atom. The van der Waals surface area contributed by atoms with Gasteiger partial charge in [0.2, 0.25) is 5.75 Å². The summed E-state index contributed by atoms with van der Waals surface area (Å²) in [7, 11) is 3.17. The first-order valence-electron chi connectivity index (χ1n) is 6.58. The summed E-state index contributed by atoms with van der Waals surface area (Å²) in [4.78, 5) is 0. The minimum atomic E-state index is -0.515. The first kappa shape index (κ1) is 14.9. The van der Waals surface area contributed by atoms with E-state index in [9.17, 15) is 5.11 Å². The Hall–Kier alpha value is -1.50. The number of aliphatic hydroxyl groups excluding tert-OH is 1. The molecule has 1 heterocycles. The molecule has 1 aromatic carbocycles. The second-order valence-corrected chi connectivity index (χ2v) is 4.56. The number of hydrogen-bond acceptors (Lipinski definition) is 6. The molecule has 20 heavy (non-hydrogen) atoms. The van der Waals surface area contributed by atoms with E-state index >= 15 is 0 Å². The third kappa shape index (κ3) is 3.75. The van der Waals surface area contributed by atoms with Gasteiger partial charge in [0.15, 0.2) is 11.5 Å². The molecule has 1 atom stereocenters. The maximum Gasteiger partial charge on any atom is 0.203 e. The Morgan fingerprint density at radius 2 is 2.10 bits per heavy atom. The molecular formula is C14H21NO5. The fourth-order valence-electron chi connectivity index (χ4n) is 2.06. The van der Waals surface area contributed by atoms with Crippen LogP contribution in [0.25, 0.3) is 0 Å². The molecular weight excluding hydrogens is 262 g/mol. The Kier molecular flexibility index (Phi) is 5.46. The van der Waals surface area contributed by atoms with Gasteiger partial charge in [0.05, 0.1) is 19.8 Å². The van der Waals surface area contributed by atoms with Crippen molar-refractivity contribution < 1.29 is 24.1 Å². The third-order valence-corrected chi connectivity index (χ3v) is 2.96. The van der Waals surface area contributed by atoms with E-state index in [1.54, 1.807) is 14.2 Å². The van der Waals surface area contributed by atoms with Crippen molar-refractivity contribution in [2.75, 3.05) is 40.6 Å². The Bertz CT molecular complexity index is 421. The van der Waals surface area contributed by atoms with Crippen molar-refractivity contribution in [3.63, 3.8) is 0 Å². The van der Waals surface area contributed by atoms with Crippen molar-refractivity contribution in [3.8, 4) is 17.2 Å². The van der Waals surface area contributed by atoms with Gasteiger partial charge in [0, 0.05) is 20.2 Å². The highest BCUT2D eigenvalue weighted by molar-refractivity contribution is 5.54. The predicted octanol–water partition coefficient (Wildman–Crippen LogP) is 0.563. The molecule has 1 aliphatic rings. The van der Waals surface area contributed by atoms with E-state index in [1.807, 2.05) is 12.1 Å². The fraction of sp³-hybridized carbons (Fsp3) is 0.571. The summed E-state index contributed by atoms with van der Waals surface area (Å²) in [6, 6.07) is 3.83. The zero-order valence-corrected chi connectivity index (χ0v) is 11.8. The average Bonchev–Trinajstić information content (AvgIpc) is 2.46. The van der Waals surface area contributed by atoms with Crippen LogP contribution >= 0.6 is 0 Å². The van der Waals surface area contributed by atoms with Gasteiger partial charge < -0.3 is 29.4 Å². The average molecular weight is 283 g/mol. The fourth-order valence-corrected chi connectivity index (χ4v) is 2.06. The molecule has 6 nitrogen and oxygen atoms in total. The Balaban J connectivity index is 1.98. The van der Waals surface area contributed by atoms with Crippen molar-refractivity contribution in [1.82, 2.24) is 5.32 Å². The first-order valence-corrected chi connectivity index (χ1v) is 6.58. The molecule has 2 N–H and O–H groups in total. The van der Waals surface area contributed by atoms with E-state index in [-0.39, 0.29) is 0 Å². The lowest BCUT2D eigenvalue weighted by atomic mass is 10.1. The Morgan fingerprint density at radius 3 is 2.85 bits per heavy atom. The molecule has 1 aliphatic heterocycles. The molecule has 0 saturated heterocycles. The molecule has 112 valence electrons. The monoisotopic (exact) mass is 283 g/mol. The molecule has 0 amide bonds. The van der Waals surface area contributed by atoms with Gasteiger partial charge in [-0.15, -0.1) is 0 Å². The molecule has 1 aromatic rings. The summed E-state index contributed by atoms with van der Waals surface area (Å²) in [5, 5.41) is 12.7. The van der Waals surface area contributed by atoms with Gasteiger partial charge in [-0.25, -0.2) is 0 Å². The van der Waals surface area contributed by atoms with Crippen molar-refractivity contribution in [1.29, 1.82) is 0 Å². The van der Waals surface area contributed by atoms with E-state index in [2.05, 4.69) is 5.32 Å². The summed E-state index contributed by atoms with van der Waals surface area (Å²) in [5.74, 6) is 2.02. The molecule has 0 fully saturated rings. The molecule has 0 aliphatic carbocycles. The number of benzene rings is 1. The number of rotatable bonds is 7. The smallest absolute Gasteiger partial charge is 0.203 e. The lowest BCUT2D eigenvalue weighted by Crippen LogP contribution is -2.29. The van der Waals surface area contributed by atoms with Gasteiger partial charge in [0.25, 0.3) is 0 Å². The molecule has 0 aromatic heterocycles. The van der Waals surface area contributed by atoms with Crippen LogP contribution in [0, 0.1) is 0 Å². The van der Waals surface area contributed by atoms with Gasteiger partial charge in [-0.05, 0) is 17.7 Å². The summed E-state index contributed by atoms with van der Waals surface area (Å²) >= 11 is 0. The summed E-state index contributed by atoms with van der Waals surface area (Å²) in [6.07, 6.45) is -0.515.